The molecule has 96 valence electrons. The number of hydrogen-bond acceptors (Lipinski definition) is 5. The van der Waals surface area contributed by atoms with E-state index in [4.69, 9.17) is 4.52 Å². The Labute approximate surface area is 114 Å². The minimum absolute atomic E-state index is 0.438. The van der Waals surface area contributed by atoms with E-state index in [0.29, 0.717) is 17.8 Å². The molecule has 0 bridgehead atoms. The Hall–Kier alpha value is -1.27. The molecule has 0 aromatic carbocycles. The maximum Gasteiger partial charge on any atom is 0.227 e. The summed E-state index contributed by atoms with van der Waals surface area (Å²) in [6, 6.07) is 2.35. The Morgan fingerprint density at radius 2 is 2.28 bits per heavy atom. The van der Waals surface area contributed by atoms with Crippen LogP contribution in [0.15, 0.2) is 27.5 Å². The van der Waals surface area contributed by atoms with Gasteiger partial charge in [0.2, 0.25) is 11.7 Å². The molecule has 1 N–H and O–H groups in total. The van der Waals surface area contributed by atoms with Crippen molar-refractivity contribution in [2.45, 2.75) is 25.8 Å². The number of halogens is 1. The summed E-state index contributed by atoms with van der Waals surface area (Å²) in [6.07, 6.45) is 5.18. The van der Waals surface area contributed by atoms with E-state index in [2.05, 4.69) is 43.3 Å². The van der Waals surface area contributed by atoms with Gasteiger partial charge in [0.1, 0.15) is 0 Å². The van der Waals surface area contributed by atoms with Gasteiger partial charge in [-0.2, -0.15) is 4.98 Å². The molecule has 0 radical (unpaired) electrons. The molecule has 2 heterocycles. The van der Waals surface area contributed by atoms with Crippen LogP contribution in [-0.4, -0.2) is 28.2 Å². The SMILES string of the molecule is CNC(C)CCc1nc(-c2cncc(Br)c2)no1. The van der Waals surface area contributed by atoms with E-state index in [0.717, 1.165) is 22.9 Å². The third-order valence-electron chi connectivity index (χ3n) is 2.72. The molecule has 18 heavy (non-hydrogen) atoms. The lowest BCUT2D eigenvalue weighted by atomic mass is 10.2. The van der Waals surface area contributed by atoms with Gasteiger partial charge >= 0.3 is 0 Å². The lowest BCUT2D eigenvalue weighted by Gasteiger charge is -2.06. The zero-order valence-electron chi connectivity index (χ0n) is 10.4. The van der Waals surface area contributed by atoms with Crippen LogP contribution >= 0.6 is 15.9 Å². The molecule has 0 aliphatic rings. The second-order valence-electron chi connectivity index (χ2n) is 4.13. The molecule has 0 fully saturated rings. The smallest absolute Gasteiger partial charge is 0.227 e. The fraction of sp³-hybridized carbons (Fsp3) is 0.417. The third kappa shape index (κ3) is 3.36. The van der Waals surface area contributed by atoms with Crippen LogP contribution in [0.25, 0.3) is 11.4 Å². The minimum atomic E-state index is 0.438. The molecule has 5 nitrogen and oxygen atoms in total. The average molecular weight is 311 g/mol. The highest BCUT2D eigenvalue weighted by Crippen LogP contribution is 2.19. The summed E-state index contributed by atoms with van der Waals surface area (Å²) >= 11 is 3.37. The largest absolute Gasteiger partial charge is 0.339 e. The molecule has 6 heteroatoms. The van der Waals surface area contributed by atoms with Gasteiger partial charge in [-0.3, -0.25) is 4.98 Å². The predicted octanol–water partition coefficient (Wildman–Crippen LogP) is 2.43. The van der Waals surface area contributed by atoms with Gasteiger partial charge in [-0.15, -0.1) is 0 Å². The van der Waals surface area contributed by atoms with Crippen LogP contribution in [0.4, 0.5) is 0 Å². The molecule has 2 aromatic rings. The molecule has 2 rings (SSSR count). The Morgan fingerprint density at radius 1 is 1.44 bits per heavy atom. The van der Waals surface area contributed by atoms with Gasteiger partial charge in [-0.05, 0) is 42.4 Å². The third-order valence-corrected chi connectivity index (χ3v) is 3.15. The van der Waals surface area contributed by atoms with E-state index in [1.807, 2.05) is 13.1 Å². The monoisotopic (exact) mass is 310 g/mol. The van der Waals surface area contributed by atoms with Crippen molar-refractivity contribution in [3.05, 3.63) is 28.8 Å². The highest BCUT2D eigenvalue weighted by Gasteiger charge is 2.10. The molecular formula is C12H15BrN4O. The molecule has 1 atom stereocenters. The van der Waals surface area contributed by atoms with E-state index in [-0.39, 0.29) is 0 Å². The number of nitrogens with one attached hydrogen (secondary N) is 1. The second-order valence-corrected chi connectivity index (χ2v) is 5.05. The zero-order chi connectivity index (χ0) is 13.0. The van der Waals surface area contributed by atoms with Crippen LogP contribution in [0.2, 0.25) is 0 Å². The van der Waals surface area contributed by atoms with Crippen molar-refractivity contribution in [1.82, 2.24) is 20.4 Å². The molecule has 0 saturated carbocycles. The van der Waals surface area contributed by atoms with Crippen LogP contribution < -0.4 is 5.32 Å². The van der Waals surface area contributed by atoms with Crippen molar-refractivity contribution in [2.75, 3.05) is 7.05 Å². The summed E-state index contributed by atoms with van der Waals surface area (Å²) in [7, 11) is 1.94. The normalized spacial score (nSPS) is 12.6. The molecular weight excluding hydrogens is 296 g/mol. The number of hydrogen-bond donors (Lipinski definition) is 1. The Bertz CT molecular complexity index is 514. The molecule has 0 aliphatic heterocycles. The quantitative estimate of drug-likeness (QED) is 0.919. The zero-order valence-corrected chi connectivity index (χ0v) is 11.9. The predicted molar refractivity (Wildman–Crippen MR) is 72.1 cm³/mol. The highest BCUT2D eigenvalue weighted by molar-refractivity contribution is 9.10. The first-order chi connectivity index (χ1) is 8.69. The van der Waals surface area contributed by atoms with Gasteiger partial charge < -0.3 is 9.84 Å². The van der Waals surface area contributed by atoms with Crippen LogP contribution in [0.5, 0.6) is 0 Å². The number of pyridine rings is 1. The number of aromatic nitrogens is 3. The summed E-state index contributed by atoms with van der Waals surface area (Å²) in [5, 5.41) is 7.14. The van der Waals surface area contributed by atoms with Crippen molar-refractivity contribution in [2.24, 2.45) is 0 Å². The number of rotatable bonds is 5. The van der Waals surface area contributed by atoms with Gasteiger partial charge in [-0.1, -0.05) is 5.16 Å². The first kappa shape index (κ1) is 13.2. The molecule has 2 aromatic heterocycles. The number of nitrogens with zero attached hydrogens (tertiary/aromatic N) is 3. The standard InChI is InChI=1S/C12H15BrN4O/c1-8(14-2)3-4-11-16-12(17-18-11)9-5-10(13)7-15-6-9/h5-8,14H,3-4H2,1-2H3. The molecule has 0 spiro atoms. The summed E-state index contributed by atoms with van der Waals surface area (Å²) < 4.78 is 6.12. The van der Waals surface area contributed by atoms with Crippen LogP contribution in [0, 0.1) is 0 Å². The van der Waals surface area contributed by atoms with Crippen molar-refractivity contribution >= 4 is 15.9 Å². The first-order valence-electron chi connectivity index (χ1n) is 5.80. The van der Waals surface area contributed by atoms with Crippen molar-refractivity contribution < 1.29 is 4.52 Å². The van der Waals surface area contributed by atoms with Crippen molar-refractivity contribution in [3.63, 3.8) is 0 Å². The Morgan fingerprint density at radius 3 is 3.00 bits per heavy atom. The van der Waals surface area contributed by atoms with Crippen molar-refractivity contribution in [3.8, 4) is 11.4 Å². The fourth-order valence-electron chi connectivity index (χ4n) is 1.49. The maximum absolute atomic E-state index is 5.22. The van der Waals surface area contributed by atoms with E-state index < -0.39 is 0 Å². The highest BCUT2D eigenvalue weighted by atomic mass is 79.9. The van der Waals surface area contributed by atoms with E-state index in [1.165, 1.54) is 0 Å². The summed E-state index contributed by atoms with van der Waals surface area (Å²) in [6.45, 7) is 2.12. The molecule has 1 unspecified atom stereocenters. The van der Waals surface area contributed by atoms with Gasteiger partial charge in [0.05, 0.1) is 0 Å². The topological polar surface area (TPSA) is 63.8 Å². The van der Waals surface area contributed by atoms with Gasteiger partial charge in [0, 0.05) is 34.9 Å². The number of aryl methyl sites for hydroxylation is 1. The summed E-state index contributed by atoms with van der Waals surface area (Å²) in [5.41, 5.74) is 0.848. The second kappa shape index (κ2) is 6.06. The summed E-state index contributed by atoms with van der Waals surface area (Å²) in [4.78, 5) is 8.44. The van der Waals surface area contributed by atoms with Gasteiger partial charge in [0.15, 0.2) is 0 Å². The van der Waals surface area contributed by atoms with Crippen LogP contribution in [0.1, 0.15) is 19.2 Å². The first-order valence-corrected chi connectivity index (χ1v) is 6.59. The lowest BCUT2D eigenvalue weighted by molar-refractivity contribution is 0.369. The Balaban J connectivity index is 2.06. The van der Waals surface area contributed by atoms with Crippen LogP contribution in [-0.2, 0) is 6.42 Å². The van der Waals surface area contributed by atoms with E-state index in [1.54, 1.807) is 12.4 Å². The average Bonchev–Trinajstić information content (AvgIpc) is 2.84. The van der Waals surface area contributed by atoms with Crippen molar-refractivity contribution in [1.29, 1.82) is 0 Å². The van der Waals surface area contributed by atoms with E-state index >= 15 is 0 Å². The van der Waals surface area contributed by atoms with Crippen LogP contribution in [0.3, 0.4) is 0 Å². The molecule has 0 saturated heterocycles. The lowest BCUT2D eigenvalue weighted by Crippen LogP contribution is -2.21. The molecule has 0 amide bonds. The summed E-state index contributed by atoms with van der Waals surface area (Å²) in [5.74, 6) is 1.24. The van der Waals surface area contributed by atoms with Gasteiger partial charge in [0.25, 0.3) is 0 Å². The maximum atomic E-state index is 5.22. The Kier molecular flexibility index (Phi) is 4.43. The van der Waals surface area contributed by atoms with Gasteiger partial charge in [-0.25, -0.2) is 0 Å². The molecule has 0 aliphatic carbocycles. The minimum Gasteiger partial charge on any atom is -0.339 e. The van der Waals surface area contributed by atoms with E-state index in [9.17, 15) is 0 Å². The fourth-order valence-corrected chi connectivity index (χ4v) is 1.86.